The number of halogens is 1. The molecular formula is C14H18FNO5. The highest BCUT2D eigenvalue weighted by atomic mass is 19.1. The van der Waals surface area contributed by atoms with E-state index in [1.165, 1.54) is 19.1 Å². The molecule has 116 valence electrons. The van der Waals surface area contributed by atoms with Crippen molar-refractivity contribution < 1.29 is 29.3 Å². The summed E-state index contributed by atoms with van der Waals surface area (Å²) in [6.07, 6.45) is -2.82. The molecule has 0 aromatic heterocycles. The van der Waals surface area contributed by atoms with Gasteiger partial charge in [0, 0.05) is 13.5 Å². The zero-order chi connectivity index (χ0) is 16.0. The Hall–Kier alpha value is -1.99. The SMILES string of the molecule is CC(=O)NCCC(O)C(O)c1ccc(CC(=O)O)c(F)c1. The highest BCUT2D eigenvalue weighted by molar-refractivity contribution is 5.72. The fourth-order valence-corrected chi connectivity index (χ4v) is 1.83. The normalized spacial score (nSPS) is 13.5. The lowest BCUT2D eigenvalue weighted by Gasteiger charge is -2.18. The average Bonchev–Trinajstić information content (AvgIpc) is 2.39. The van der Waals surface area contributed by atoms with Crippen molar-refractivity contribution >= 4 is 11.9 Å². The van der Waals surface area contributed by atoms with E-state index >= 15 is 0 Å². The predicted octanol–water partition coefficient (Wildman–Crippen LogP) is 0.373. The van der Waals surface area contributed by atoms with Crippen molar-refractivity contribution in [2.75, 3.05) is 6.54 Å². The highest BCUT2D eigenvalue weighted by Crippen LogP contribution is 2.21. The second-order valence-electron chi connectivity index (χ2n) is 4.71. The van der Waals surface area contributed by atoms with E-state index in [2.05, 4.69) is 5.32 Å². The van der Waals surface area contributed by atoms with Crippen LogP contribution in [0.5, 0.6) is 0 Å². The van der Waals surface area contributed by atoms with Crippen molar-refractivity contribution in [3.8, 4) is 0 Å². The summed E-state index contributed by atoms with van der Waals surface area (Å²) < 4.78 is 13.7. The van der Waals surface area contributed by atoms with Gasteiger partial charge in [-0.1, -0.05) is 12.1 Å². The monoisotopic (exact) mass is 299 g/mol. The van der Waals surface area contributed by atoms with Gasteiger partial charge in [-0.15, -0.1) is 0 Å². The molecule has 0 aliphatic heterocycles. The van der Waals surface area contributed by atoms with Gasteiger partial charge in [-0.3, -0.25) is 9.59 Å². The van der Waals surface area contributed by atoms with Crippen LogP contribution in [0.3, 0.4) is 0 Å². The fraction of sp³-hybridized carbons (Fsp3) is 0.429. The van der Waals surface area contributed by atoms with E-state index in [1.54, 1.807) is 0 Å². The number of carbonyl (C=O) groups is 2. The number of aliphatic carboxylic acids is 1. The van der Waals surface area contributed by atoms with Crippen molar-refractivity contribution in [1.82, 2.24) is 5.32 Å². The number of rotatable bonds is 7. The first-order chi connectivity index (χ1) is 9.81. The molecule has 7 heteroatoms. The predicted molar refractivity (Wildman–Crippen MR) is 72.0 cm³/mol. The summed E-state index contributed by atoms with van der Waals surface area (Å²) >= 11 is 0. The Labute approximate surface area is 121 Å². The maximum atomic E-state index is 13.7. The van der Waals surface area contributed by atoms with Gasteiger partial charge >= 0.3 is 5.97 Å². The number of hydrogen-bond donors (Lipinski definition) is 4. The summed E-state index contributed by atoms with van der Waals surface area (Å²) in [4.78, 5) is 21.2. The Kier molecular flexibility index (Phi) is 6.26. The summed E-state index contributed by atoms with van der Waals surface area (Å²) in [7, 11) is 0. The Bertz CT molecular complexity index is 520. The first-order valence-electron chi connectivity index (χ1n) is 6.42. The number of nitrogens with one attached hydrogen (secondary N) is 1. The van der Waals surface area contributed by atoms with Gasteiger partial charge < -0.3 is 20.6 Å². The van der Waals surface area contributed by atoms with Gasteiger partial charge in [-0.2, -0.15) is 0 Å². The largest absolute Gasteiger partial charge is 0.481 e. The van der Waals surface area contributed by atoms with Crippen molar-refractivity contribution in [2.45, 2.75) is 32.0 Å². The topological polar surface area (TPSA) is 107 Å². The first kappa shape index (κ1) is 17.1. The molecule has 21 heavy (non-hydrogen) atoms. The number of carbonyl (C=O) groups excluding carboxylic acids is 1. The van der Waals surface area contributed by atoms with Gasteiger partial charge in [-0.25, -0.2) is 4.39 Å². The van der Waals surface area contributed by atoms with Crippen LogP contribution in [0, 0.1) is 5.82 Å². The molecule has 0 aliphatic carbocycles. The van der Waals surface area contributed by atoms with Crippen LogP contribution in [-0.4, -0.2) is 39.8 Å². The summed E-state index contributed by atoms with van der Waals surface area (Å²) in [5.41, 5.74) is 0.156. The fourth-order valence-electron chi connectivity index (χ4n) is 1.83. The van der Waals surface area contributed by atoms with E-state index in [0.29, 0.717) is 0 Å². The number of aliphatic hydroxyl groups is 2. The summed E-state index contributed by atoms with van der Waals surface area (Å²) in [5, 5.41) is 30.8. The number of hydrogen-bond acceptors (Lipinski definition) is 4. The molecule has 1 rings (SSSR count). The van der Waals surface area contributed by atoms with Gasteiger partial charge in [0.2, 0.25) is 5.91 Å². The van der Waals surface area contributed by atoms with Crippen molar-refractivity contribution in [1.29, 1.82) is 0 Å². The minimum absolute atomic E-state index is 0.00573. The molecule has 1 amide bonds. The van der Waals surface area contributed by atoms with E-state index in [4.69, 9.17) is 5.11 Å². The van der Waals surface area contributed by atoms with Crippen LogP contribution in [-0.2, 0) is 16.0 Å². The molecule has 0 saturated carbocycles. The molecule has 2 unspecified atom stereocenters. The molecule has 2 atom stereocenters. The number of benzene rings is 1. The van der Waals surface area contributed by atoms with E-state index in [0.717, 1.165) is 6.07 Å². The van der Waals surface area contributed by atoms with E-state index in [9.17, 15) is 24.2 Å². The number of amides is 1. The Morgan fingerprint density at radius 3 is 2.52 bits per heavy atom. The molecule has 0 radical (unpaired) electrons. The van der Waals surface area contributed by atoms with Crippen LogP contribution in [0.25, 0.3) is 0 Å². The Morgan fingerprint density at radius 1 is 1.33 bits per heavy atom. The quantitative estimate of drug-likeness (QED) is 0.582. The zero-order valence-corrected chi connectivity index (χ0v) is 11.5. The maximum Gasteiger partial charge on any atom is 0.307 e. The van der Waals surface area contributed by atoms with Gasteiger partial charge in [0.05, 0.1) is 12.5 Å². The molecule has 1 aromatic rings. The maximum absolute atomic E-state index is 13.7. The third kappa shape index (κ3) is 5.49. The number of aliphatic hydroxyl groups excluding tert-OH is 2. The summed E-state index contributed by atoms with van der Waals surface area (Å²) in [6.45, 7) is 1.52. The number of carboxylic acid groups (broad SMARTS) is 1. The van der Waals surface area contributed by atoms with Gasteiger partial charge in [-0.05, 0) is 23.6 Å². The smallest absolute Gasteiger partial charge is 0.307 e. The molecule has 0 bridgehead atoms. The van der Waals surface area contributed by atoms with Crippen LogP contribution < -0.4 is 5.32 Å². The summed E-state index contributed by atoms with van der Waals surface area (Å²) in [6, 6.07) is 3.64. The molecule has 1 aromatic carbocycles. The van der Waals surface area contributed by atoms with E-state index < -0.39 is 30.4 Å². The Morgan fingerprint density at radius 2 is 2.00 bits per heavy atom. The third-order valence-corrected chi connectivity index (χ3v) is 2.94. The summed E-state index contributed by atoms with van der Waals surface area (Å²) in [5.74, 6) is -2.15. The second kappa shape index (κ2) is 7.70. The third-order valence-electron chi connectivity index (χ3n) is 2.94. The molecule has 6 nitrogen and oxygen atoms in total. The van der Waals surface area contributed by atoms with Gasteiger partial charge in [0.25, 0.3) is 0 Å². The van der Waals surface area contributed by atoms with Gasteiger partial charge in [0.15, 0.2) is 0 Å². The molecule has 0 fully saturated rings. The van der Waals surface area contributed by atoms with Crippen LogP contribution in [0.4, 0.5) is 4.39 Å². The van der Waals surface area contributed by atoms with E-state index in [1.807, 2.05) is 0 Å². The van der Waals surface area contributed by atoms with Crippen LogP contribution in [0.15, 0.2) is 18.2 Å². The van der Waals surface area contributed by atoms with Crippen molar-refractivity contribution in [2.24, 2.45) is 0 Å². The minimum Gasteiger partial charge on any atom is -0.481 e. The minimum atomic E-state index is -1.31. The van der Waals surface area contributed by atoms with Crippen LogP contribution in [0.2, 0.25) is 0 Å². The highest BCUT2D eigenvalue weighted by Gasteiger charge is 2.19. The molecule has 0 aliphatic rings. The molecule has 0 saturated heterocycles. The van der Waals surface area contributed by atoms with Crippen LogP contribution >= 0.6 is 0 Å². The standard InChI is InChI=1S/C14H18FNO5/c1-8(17)16-5-4-12(18)14(21)10-3-2-9(7-13(19)20)11(15)6-10/h2-3,6,12,14,18,21H,4-5,7H2,1H3,(H,16,17)(H,19,20). The second-order valence-corrected chi connectivity index (χ2v) is 4.71. The lowest BCUT2D eigenvalue weighted by Crippen LogP contribution is -2.27. The Balaban J connectivity index is 2.69. The molecule has 0 spiro atoms. The number of carboxylic acids is 1. The average molecular weight is 299 g/mol. The lowest BCUT2D eigenvalue weighted by atomic mass is 9.99. The molecule has 0 heterocycles. The molecule has 4 N–H and O–H groups in total. The van der Waals surface area contributed by atoms with Crippen molar-refractivity contribution in [3.63, 3.8) is 0 Å². The van der Waals surface area contributed by atoms with Crippen LogP contribution in [0.1, 0.15) is 30.6 Å². The zero-order valence-electron chi connectivity index (χ0n) is 11.5. The lowest BCUT2D eigenvalue weighted by molar-refractivity contribution is -0.136. The van der Waals surface area contributed by atoms with E-state index in [-0.39, 0.29) is 30.0 Å². The van der Waals surface area contributed by atoms with Crippen molar-refractivity contribution in [3.05, 3.63) is 35.1 Å². The first-order valence-corrected chi connectivity index (χ1v) is 6.42. The van der Waals surface area contributed by atoms with Gasteiger partial charge in [0.1, 0.15) is 11.9 Å². The molecular weight excluding hydrogens is 281 g/mol.